The van der Waals surface area contributed by atoms with Crippen molar-refractivity contribution < 1.29 is 0 Å². The van der Waals surface area contributed by atoms with E-state index in [1.54, 1.807) is 12.3 Å². The maximum absolute atomic E-state index is 6.20. The van der Waals surface area contributed by atoms with E-state index in [1.807, 2.05) is 0 Å². The van der Waals surface area contributed by atoms with E-state index in [-0.39, 0.29) is 0 Å². The Morgan fingerprint density at radius 3 is 2.79 bits per heavy atom. The Kier molecular flexibility index (Phi) is 4.02. The molecule has 3 rings (SSSR count). The van der Waals surface area contributed by atoms with Gasteiger partial charge in [-0.05, 0) is 50.1 Å². The molecule has 2 aliphatic carbocycles. The third kappa shape index (κ3) is 3.07. The van der Waals surface area contributed by atoms with Crippen LogP contribution < -0.4 is 0 Å². The molecule has 1 aromatic heterocycles. The van der Waals surface area contributed by atoms with Crippen LogP contribution in [0.1, 0.15) is 31.2 Å². The summed E-state index contributed by atoms with van der Waals surface area (Å²) >= 11 is 12.0. The number of hydrogen-bond donors (Lipinski definition) is 0. The van der Waals surface area contributed by atoms with Gasteiger partial charge in [0.05, 0.1) is 0 Å². The summed E-state index contributed by atoms with van der Waals surface area (Å²) in [7, 11) is 2.18. The molecule has 104 valence electrons. The van der Waals surface area contributed by atoms with Crippen molar-refractivity contribution in [2.24, 2.45) is 17.8 Å². The maximum atomic E-state index is 6.20. The lowest BCUT2D eigenvalue weighted by molar-refractivity contribution is 0.214. The summed E-state index contributed by atoms with van der Waals surface area (Å²) in [5, 5.41) is 1.18. The molecule has 0 spiro atoms. The van der Waals surface area contributed by atoms with Gasteiger partial charge in [-0.3, -0.25) is 0 Å². The number of fused-ring (bicyclic) bond motifs is 2. The molecule has 0 saturated heterocycles. The summed E-state index contributed by atoms with van der Waals surface area (Å²) in [6.45, 7) is 2.04. The van der Waals surface area contributed by atoms with Crippen LogP contribution in [0.15, 0.2) is 12.3 Å². The molecular formula is C15H20Cl2N2. The number of hydrogen-bond acceptors (Lipinski definition) is 2. The Morgan fingerprint density at radius 1 is 1.32 bits per heavy atom. The van der Waals surface area contributed by atoms with Gasteiger partial charge in [0.25, 0.3) is 0 Å². The van der Waals surface area contributed by atoms with Crippen LogP contribution in [0.2, 0.25) is 10.2 Å². The summed E-state index contributed by atoms with van der Waals surface area (Å²) < 4.78 is 0. The summed E-state index contributed by atoms with van der Waals surface area (Å²) in [6, 6.07) is 1.73. The van der Waals surface area contributed by atoms with Gasteiger partial charge in [-0.1, -0.05) is 29.6 Å². The number of aromatic nitrogens is 1. The largest absolute Gasteiger partial charge is 0.302 e. The van der Waals surface area contributed by atoms with Crippen molar-refractivity contribution in [3.63, 3.8) is 0 Å². The molecule has 0 radical (unpaired) electrons. The summed E-state index contributed by atoms with van der Waals surface area (Å²) in [5.41, 5.74) is 1.07. The Hall–Kier alpha value is -0.310. The standard InChI is InChI=1S/C15H20Cl2N2/c1-19(8-12-5-10-2-3-11(12)4-10)9-13-7-18-15(17)6-14(13)16/h6-7,10-12H,2-5,8-9H2,1H3. The normalized spacial score (nSPS) is 29.4. The molecule has 1 heterocycles. The minimum atomic E-state index is 0.463. The van der Waals surface area contributed by atoms with E-state index in [2.05, 4.69) is 16.9 Å². The first kappa shape index (κ1) is 13.7. The van der Waals surface area contributed by atoms with Crippen LogP contribution in [0, 0.1) is 17.8 Å². The van der Waals surface area contributed by atoms with Gasteiger partial charge >= 0.3 is 0 Å². The predicted molar refractivity (Wildman–Crippen MR) is 79.5 cm³/mol. The smallest absolute Gasteiger partial charge is 0.130 e. The van der Waals surface area contributed by atoms with Crippen molar-refractivity contribution in [2.75, 3.05) is 13.6 Å². The molecule has 1 aromatic rings. The quantitative estimate of drug-likeness (QED) is 0.772. The first-order chi connectivity index (χ1) is 9.11. The fourth-order valence-electron chi connectivity index (χ4n) is 3.91. The Labute approximate surface area is 125 Å². The molecule has 2 nitrogen and oxygen atoms in total. The second-order valence-corrected chi connectivity index (χ2v) is 7.02. The van der Waals surface area contributed by atoms with Crippen LogP contribution in [-0.2, 0) is 6.54 Å². The number of halogens is 2. The third-order valence-electron chi connectivity index (χ3n) is 4.77. The van der Waals surface area contributed by atoms with E-state index in [0.717, 1.165) is 34.9 Å². The Balaban J connectivity index is 1.57. The minimum Gasteiger partial charge on any atom is -0.302 e. The Morgan fingerprint density at radius 2 is 2.16 bits per heavy atom. The van der Waals surface area contributed by atoms with E-state index in [9.17, 15) is 0 Å². The average Bonchev–Trinajstić information content (AvgIpc) is 2.95. The van der Waals surface area contributed by atoms with Gasteiger partial charge in [0.2, 0.25) is 0 Å². The SMILES string of the molecule is CN(Cc1cnc(Cl)cc1Cl)CC1CC2CCC1C2. The zero-order chi connectivity index (χ0) is 13.4. The van der Waals surface area contributed by atoms with Crippen LogP contribution in [0.5, 0.6) is 0 Å². The first-order valence-corrected chi connectivity index (χ1v) is 7.86. The molecule has 0 aliphatic heterocycles. The minimum absolute atomic E-state index is 0.463. The molecule has 4 heteroatoms. The van der Waals surface area contributed by atoms with E-state index >= 15 is 0 Å². The molecule has 3 atom stereocenters. The lowest BCUT2D eigenvalue weighted by atomic mass is 9.88. The van der Waals surface area contributed by atoms with Crippen LogP contribution in [0.25, 0.3) is 0 Å². The lowest BCUT2D eigenvalue weighted by Crippen LogP contribution is -2.28. The third-order valence-corrected chi connectivity index (χ3v) is 5.33. The van der Waals surface area contributed by atoms with E-state index in [1.165, 1.54) is 32.2 Å². The van der Waals surface area contributed by atoms with Gasteiger partial charge in [-0.15, -0.1) is 0 Å². The van der Waals surface area contributed by atoms with Gasteiger partial charge in [0, 0.05) is 29.9 Å². The molecule has 0 aromatic carbocycles. The van der Waals surface area contributed by atoms with Crippen molar-refractivity contribution in [2.45, 2.75) is 32.2 Å². The lowest BCUT2D eigenvalue weighted by Gasteiger charge is -2.27. The highest BCUT2D eigenvalue weighted by Crippen LogP contribution is 2.48. The first-order valence-electron chi connectivity index (χ1n) is 7.10. The van der Waals surface area contributed by atoms with Crippen LogP contribution in [-0.4, -0.2) is 23.5 Å². The molecule has 2 saturated carbocycles. The van der Waals surface area contributed by atoms with E-state index in [0.29, 0.717) is 5.15 Å². The summed E-state index contributed by atoms with van der Waals surface area (Å²) in [4.78, 5) is 6.49. The average molecular weight is 299 g/mol. The van der Waals surface area contributed by atoms with Crippen LogP contribution in [0.3, 0.4) is 0 Å². The zero-order valence-electron chi connectivity index (χ0n) is 11.3. The summed E-state index contributed by atoms with van der Waals surface area (Å²) in [6.07, 6.45) is 7.62. The number of pyridine rings is 1. The second-order valence-electron chi connectivity index (χ2n) is 6.23. The van der Waals surface area contributed by atoms with Crippen molar-refractivity contribution >= 4 is 23.2 Å². The van der Waals surface area contributed by atoms with E-state index in [4.69, 9.17) is 23.2 Å². The molecule has 3 unspecified atom stereocenters. The van der Waals surface area contributed by atoms with Gasteiger partial charge in [-0.2, -0.15) is 0 Å². The van der Waals surface area contributed by atoms with Gasteiger partial charge in [0.15, 0.2) is 0 Å². The van der Waals surface area contributed by atoms with Crippen molar-refractivity contribution in [3.8, 4) is 0 Å². The van der Waals surface area contributed by atoms with Gasteiger partial charge in [0.1, 0.15) is 5.15 Å². The van der Waals surface area contributed by atoms with Crippen molar-refractivity contribution in [1.29, 1.82) is 0 Å². The topological polar surface area (TPSA) is 16.1 Å². The highest BCUT2D eigenvalue weighted by atomic mass is 35.5. The van der Waals surface area contributed by atoms with Crippen molar-refractivity contribution in [3.05, 3.63) is 28.0 Å². The molecule has 0 amide bonds. The maximum Gasteiger partial charge on any atom is 0.130 e. The van der Waals surface area contributed by atoms with Gasteiger partial charge < -0.3 is 4.90 Å². The van der Waals surface area contributed by atoms with Gasteiger partial charge in [-0.25, -0.2) is 4.98 Å². The molecular weight excluding hydrogens is 279 g/mol. The monoisotopic (exact) mass is 298 g/mol. The van der Waals surface area contributed by atoms with Crippen LogP contribution in [0.4, 0.5) is 0 Å². The zero-order valence-corrected chi connectivity index (χ0v) is 12.8. The molecule has 2 fully saturated rings. The highest BCUT2D eigenvalue weighted by molar-refractivity contribution is 6.34. The molecule has 2 aliphatic rings. The molecule has 2 bridgehead atoms. The summed E-state index contributed by atoms with van der Waals surface area (Å²) in [5.74, 6) is 2.89. The molecule has 19 heavy (non-hydrogen) atoms. The number of rotatable bonds is 4. The predicted octanol–water partition coefficient (Wildman–Crippen LogP) is 4.26. The van der Waals surface area contributed by atoms with Crippen molar-refractivity contribution in [1.82, 2.24) is 9.88 Å². The Bertz CT molecular complexity index is 463. The highest BCUT2D eigenvalue weighted by Gasteiger charge is 2.39. The second kappa shape index (κ2) is 5.59. The molecule has 0 N–H and O–H groups in total. The fraction of sp³-hybridized carbons (Fsp3) is 0.667. The van der Waals surface area contributed by atoms with Crippen LogP contribution >= 0.6 is 23.2 Å². The fourth-order valence-corrected chi connectivity index (χ4v) is 4.33. The van der Waals surface area contributed by atoms with E-state index < -0.39 is 0 Å². The number of nitrogens with zero attached hydrogens (tertiary/aromatic N) is 2.